The van der Waals surface area contributed by atoms with Gasteiger partial charge in [-0.2, -0.15) is 0 Å². The number of aromatic nitrogens is 2. The minimum atomic E-state index is 0.0761. The topological polar surface area (TPSA) is 35.0 Å². The highest BCUT2D eigenvalue weighted by Crippen LogP contribution is 2.16. The SMILES string of the molecule is c1ccc(OC(Cc2ccncc2)Cc2ccncc2)cc1. The number of rotatable bonds is 6. The second kappa shape index (κ2) is 7.36. The van der Waals surface area contributed by atoms with E-state index in [1.807, 2.05) is 79.4 Å². The third kappa shape index (κ3) is 4.16. The number of hydrogen-bond acceptors (Lipinski definition) is 3. The lowest BCUT2D eigenvalue weighted by molar-refractivity contribution is 0.202. The van der Waals surface area contributed by atoms with Crippen LogP contribution in [0.1, 0.15) is 11.1 Å². The molecule has 0 bridgehead atoms. The van der Waals surface area contributed by atoms with Crippen molar-refractivity contribution in [3.63, 3.8) is 0 Å². The number of nitrogens with zero attached hydrogens (tertiary/aromatic N) is 2. The molecule has 1 aromatic carbocycles. The first-order valence-electron chi connectivity index (χ1n) is 7.39. The summed E-state index contributed by atoms with van der Waals surface area (Å²) in [5.74, 6) is 0.899. The summed E-state index contributed by atoms with van der Waals surface area (Å²) in [6, 6.07) is 18.1. The number of benzene rings is 1. The van der Waals surface area contributed by atoms with E-state index in [4.69, 9.17) is 4.74 Å². The van der Waals surface area contributed by atoms with Crippen molar-refractivity contribution in [1.29, 1.82) is 0 Å². The average Bonchev–Trinajstić information content (AvgIpc) is 2.57. The van der Waals surface area contributed by atoms with E-state index in [1.54, 1.807) is 0 Å². The van der Waals surface area contributed by atoms with Crippen LogP contribution in [0.15, 0.2) is 79.4 Å². The Morgan fingerprint density at radius 2 is 1.18 bits per heavy atom. The van der Waals surface area contributed by atoms with Gasteiger partial charge in [0.1, 0.15) is 11.9 Å². The fourth-order valence-electron chi connectivity index (χ4n) is 2.41. The Bertz CT molecular complexity index is 573. The molecule has 0 aliphatic heterocycles. The van der Waals surface area contributed by atoms with Gasteiger partial charge in [0, 0.05) is 37.6 Å². The monoisotopic (exact) mass is 290 g/mol. The van der Waals surface area contributed by atoms with Crippen molar-refractivity contribution in [2.24, 2.45) is 0 Å². The van der Waals surface area contributed by atoms with E-state index in [0.717, 1.165) is 18.6 Å². The Balaban J connectivity index is 1.75. The maximum absolute atomic E-state index is 6.18. The molecule has 2 aromatic heterocycles. The molecule has 0 aliphatic rings. The van der Waals surface area contributed by atoms with E-state index in [1.165, 1.54) is 11.1 Å². The summed E-state index contributed by atoms with van der Waals surface area (Å²) in [4.78, 5) is 8.14. The number of pyridine rings is 2. The van der Waals surface area contributed by atoms with Gasteiger partial charge < -0.3 is 4.74 Å². The molecule has 0 radical (unpaired) electrons. The van der Waals surface area contributed by atoms with Gasteiger partial charge >= 0.3 is 0 Å². The molecule has 0 saturated heterocycles. The Morgan fingerprint density at radius 3 is 1.68 bits per heavy atom. The average molecular weight is 290 g/mol. The van der Waals surface area contributed by atoms with Crippen molar-refractivity contribution in [3.8, 4) is 5.75 Å². The summed E-state index contributed by atoms with van der Waals surface area (Å²) < 4.78 is 6.18. The Morgan fingerprint density at radius 1 is 0.682 bits per heavy atom. The summed E-state index contributed by atoms with van der Waals surface area (Å²) >= 11 is 0. The number of ether oxygens (including phenoxy) is 1. The zero-order valence-electron chi connectivity index (χ0n) is 12.3. The summed E-state index contributed by atoms with van der Waals surface area (Å²) in [6.07, 6.45) is 9.05. The minimum Gasteiger partial charge on any atom is -0.490 e. The predicted octanol–water partition coefficient (Wildman–Crippen LogP) is 3.71. The van der Waals surface area contributed by atoms with Gasteiger partial charge in [0.15, 0.2) is 0 Å². The first-order valence-corrected chi connectivity index (χ1v) is 7.39. The second-order valence-corrected chi connectivity index (χ2v) is 5.17. The largest absolute Gasteiger partial charge is 0.490 e. The molecule has 0 atom stereocenters. The molecular formula is C19H18N2O. The van der Waals surface area contributed by atoms with Crippen LogP contribution >= 0.6 is 0 Å². The summed E-state index contributed by atoms with van der Waals surface area (Å²) in [5, 5.41) is 0. The zero-order valence-corrected chi connectivity index (χ0v) is 12.3. The molecule has 22 heavy (non-hydrogen) atoms. The quantitative estimate of drug-likeness (QED) is 0.694. The highest BCUT2D eigenvalue weighted by atomic mass is 16.5. The molecule has 2 heterocycles. The van der Waals surface area contributed by atoms with Gasteiger partial charge in [-0.1, -0.05) is 18.2 Å². The minimum absolute atomic E-state index is 0.0761. The van der Waals surface area contributed by atoms with Gasteiger partial charge in [0.05, 0.1) is 0 Å². The third-order valence-electron chi connectivity index (χ3n) is 3.47. The lowest BCUT2D eigenvalue weighted by Gasteiger charge is -2.19. The van der Waals surface area contributed by atoms with Crippen LogP contribution < -0.4 is 4.74 Å². The maximum Gasteiger partial charge on any atom is 0.119 e. The van der Waals surface area contributed by atoms with Gasteiger partial charge in [-0.05, 0) is 47.5 Å². The highest BCUT2D eigenvalue weighted by molar-refractivity contribution is 5.23. The molecule has 0 spiro atoms. The highest BCUT2D eigenvalue weighted by Gasteiger charge is 2.13. The van der Waals surface area contributed by atoms with Gasteiger partial charge in [-0.25, -0.2) is 0 Å². The van der Waals surface area contributed by atoms with Crippen LogP contribution in [0.5, 0.6) is 5.75 Å². The lowest BCUT2D eigenvalue weighted by atomic mass is 10.0. The Hall–Kier alpha value is -2.68. The molecule has 110 valence electrons. The number of hydrogen-bond donors (Lipinski definition) is 0. The molecule has 0 fully saturated rings. The zero-order chi connectivity index (χ0) is 15.0. The van der Waals surface area contributed by atoms with Crippen LogP contribution in [0.2, 0.25) is 0 Å². The van der Waals surface area contributed by atoms with Crippen LogP contribution in [-0.2, 0) is 12.8 Å². The van der Waals surface area contributed by atoms with E-state index in [2.05, 4.69) is 9.97 Å². The van der Waals surface area contributed by atoms with Crippen LogP contribution in [0.4, 0.5) is 0 Å². The third-order valence-corrected chi connectivity index (χ3v) is 3.47. The molecule has 0 aliphatic carbocycles. The molecule has 3 nitrogen and oxygen atoms in total. The van der Waals surface area contributed by atoms with Gasteiger partial charge in [-0.3, -0.25) is 9.97 Å². The fraction of sp³-hybridized carbons (Fsp3) is 0.158. The van der Waals surface area contributed by atoms with Crippen molar-refractivity contribution >= 4 is 0 Å². The van der Waals surface area contributed by atoms with Gasteiger partial charge in [-0.15, -0.1) is 0 Å². The first-order chi connectivity index (χ1) is 10.9. The molecule has 0 N–H and O–H groups in total. The number of para-hydroxylation sites is 1. The standard InChI is InChI=1S/C19H18N2O/c1-2-4-18(5-3-1)22-19(14-16-6-10-20-11-7-16)15-17-8-12-21-13-9-17/h1-13,19H,14-15H2. The maximum atomic E-state index is 6.18. The summed E-state index contributed by atoms with van der Waals surface area (Å²) in [5.41, 5.74) is 2.45. The van der Waals surface area contributed by atoms with Gasteiger partial charge in [0.2, 0.25) is 0 Å². The van der Waals surface area contributed by atoms with Crippen LogP contribution in [-0.4, -0.2) is 16.1 Å². The Labute approximate surface area is 130 Å². The van der Waals surface area contributed by atoms with E-state index in [0.29, 0.717) is 0 Å². The molecule has 3 rings (SSSR count). The molecular weight excluding hydrogens is 272 g/mol. The van der Waals surface area contributed by atoms with Crippen molar-refractivity contribution in [2.45, 2.75) is 18.9 Å². The summed E-state index contributed by atoms with van der Waals surface area (Å²) in [7, 11) is 0. The lowest BCUT2D eigenvalue weighted by Crippen LogP contribution is -2.22. The Kier molecular flexibility index (Phi) is 4.77. The van der Waals surface area contributed by atoms with E-state index >= 15 is 0 Å². The molecule has 3 heteroatoms. The predicted molar refractivity (Wildman–Crippen MR) is 86.7 cm³/mol. The van der Waals surface area contributed by atoms with E-state index in [-0.39, 0.29) is 6.10 Å². The van der Waals surface area contributed by atoms with Crippen LogP contribution in [0.25, 0.3) is 0 Å². The van der Waals surface area contributed by atoms with Crippen molar-refractivity contribution < 1.29 is 4.74 Å². The molecule has 0 amide bonds. The second-order valence-electron chi connectivity index (χ2n) is 5.17. The van der Waals surface area contributed by atoms with Gasteiger partial charge in [0.25, 0.3) is 0 Å². The smallest absolute Gasteiger partial charge is 0.119 e. The molecule has 0 saturated carbocycles. The van der Waals surface area contributed by atoms with Crippen molar-refractivity contribution in [1.82, 2.24) is 9.97 Å². The van der Waals surface area contributed by atoms with Crippen LogP contribution in [0, 0.1) is 0 Å². The van der Waals surface area contributed by atoms with Crippen molar-refractivity contribution in [2.75, 3.05) is 0 Å². The molecule has 0 unspecified atom stereocenters. The first kappa shape index (κ1) is 14.3. The normalized spacial score (nSPS) is 10.6. The molecule has 3 aromatic rings. The van der Waals surface area contributed by atoms with E-state index < -0.39 is 0 Å². The van der Waals surface area contributed by atoms with Crippen molar-refractivity contribution in [3.05, 3.63) is 90.5 Å². The van der Waals surface area contributed by atoms with Crippen LogP contribution in [0.3, 0.4) is 0 Å². The summed E-state index contributed by atoms with van der Waals surface area (Å²) in [6.45, 7) is 0. The fourth-order valence-corrected chi connectivity index (χ4v) is 2.41. The van der Waals surface area contributed by atoms with E-state index in [9.17, 15) is 0 Å².